The lowest BCUT2D eigenvalue weighted by molar-refractivity contribution is 0.189. The van der Waals surface area contributed by atoms with Crippen LogP contribution in [0.25, 0.3) is 0 Å². The zero-order chi connectivity index (χ0) is 21.5. The molecule has 10 heteroatoms. The van der Waals surface area contributed by atoms with Crippen molar-refractivity contribution in [2.45, 2.75) is 19.4 Å². The van der Waals surface area contributed by atoms with E-state index in [-0.39, 0.29) is 24.4 Å². The van der Waals surface area contributed by atoms with Gasteiger partial charge in [-0.25, -0.2) is 9.37 Å². The fraction of sp³-hybridized carbons (Fsp3) is 0.500. The molecule has 9 nitrogen and oxygen atoms in total. The van der Waals surface area contributed by atoms with Crippen LogP contribution in [0.5, 0.6) is 0 Å². The molecule has 1 atom stereocenters. The van der Waals surface area contributed by atoms with E-state index in [2.05, 4.69) is 30.4 Å². The summed E-state index contributed by atoms with van der Waals surface area (Å²) in [4.78, 5) is 12.9. The summed E-state index contributed by atoms with van der Waals surface area (Å²) in [7, 11) is 0. The highest BCUT2D eigenvalue weighted by atomic mass is 19.1. The predicted octanol–water partition coefficient (Wildman–Crippen LogP) is 1.21. The van der Waals surface area contributed by atoms with Crippen LogP contribution >= 0.6 is 0 Å². The predicted molar refractivity (Wildman–Crippen MR) is 119 cm³/mol. The molecule has 0 bridgehead atoms. The van der Waals surface area contributed by atoms with Gasteiger partial charge in [-0.15, -0.1) is 0 Å². The van der Waals surface area contributed by atoms with Crippen molar-refractivity contribution in [1.82, 2.24) is 14.9 Å². The van der Waals surface area contributed by atoms with E-state index in [0.29, 0.717) is 30.3 Å². The molecule has 1 aromatic heterocycles. The van der Waals surface area contributed by atoms with Crippen LogP contribution in [-0.4, -0.2) is 71.9 Å². The number of β-amino-alcohol motifs (C(OH)–C–C–N with tert-alkyl or cyclic N) is 1. The molecule has 1 fully saturated rings. The molecule has 0 spiro atoms. The van der Waals surface area contributed by atoms with Gasteiger partial charge in [0.2, 0.25) is 5.95 Å². The summed E-state index contributed by atoms with van der Waals surface area (Å²) in [5.41, 5.74) is 13.2. The van der Waals surface area contributed by atoms with Crippen molar-refractivity contribution in [3.63, 3.8) is 0 Å². The Morgan fingerprint density at radius 2 is 2.03 bits per heavy atom. The lowest BCUT2D eigenvalue weighted by Crippen LogP contribution is -2.47. The van der Waals surface area contributed by atoms with Gasteiger partial charge < -0.3 is 32.1 Å². The Labute approximate surface area is 176 Å². The molecule has 7 N–H and O–H groups in total. The zero-order valence-corrected chi connectivity index (χ0v) is 17.3. The number of halogens is 1. The first kappa shape index (κ1) is 22.0. The second kappa shape index (κ2) is 10.4. The number of hydrogen-bond donors (Lipinski definition) is 5. The third-order valence-electron chi connectivity index (χ3n) is 5.29. The Morgan fingerprint density at radius 3 is 2.67 bits per heavy atom. The number of hydrogen-bond acceptors (Lipinski definition) is 9. The average molecular weight is 419 g/mol. The average Bonchev–Trinajstić information content (AvgIpc) is 2.76. The molecule has 0 radical (unpaired) electrons. The van der Waals surface area contributed by atoms with Crippen LogP contribution < -0.4 is 27.0 Å². The van der Waals surface area contributed by atoms with Crippen LogP contribution in [0.4, 0.5) is 33.2 Å². The molecule has 2 aromatic rings. The molecule has 1 saturated heterocycles. The normalized spacial score (nSPS) is 15.8. The minimum absolute atomic E-state index is 0.0453. The molecule has 1 aromatic carbocycles. The third-order valence-corrected chi connectivity index (χ3v) is 5.29. The highest BCUT2D eigenvalue weighted by Crippen LogP contribution is 2.26. The number of anilines is 5. The van der Waals surface area contributed by atoms with Crippen molar-refractivity contribution in [2.75, 3.05) is 67.1 Å². The number of benzene rings is 1. The SMILES string of the molecule is CCC(CN)Nc1nc(Nc2ccc(N3CCN(CCO)CC3)cc2F)ncc1N. The van der Waals surface area contributed by atoms with Gasteiger partial charge in [0.05, 0.1) is 24.2 Å². The quantitative estimate of drug-likeness (QED) is 0.408. The third kappa shape index (κ3) is 5.47. The minimum atomic E-state index is -0.381. The number of nitrogen functional groups attached to an aromatic ring is 1. The Hall–Kier alpha value is -2.69. The Bertz CT molecular complexity index is 824. The molecule has 0 aliphatic carbocycles. The van der Waals surface area contributed by atoms with Crippen LogP contribution in [0, 0.1) is 5.82 Å². The molecular formula is C20H31FN8O. The second-order valence-corrected chi connectivity index (χ2v) is 7.32. The summed E-state index contributed by atoms with van der Waals surface area (Å²) >= 11 is 0. The number of nitrogens with zero attached hydrogens (tertiary/aromatic N) is 4. The minimum Gasteiger partial charge on any atom is -0.395 e. The van der Waals surface area contributed by atoms with Crippen molar-refractivity contribution in [3.8, 4) is 0 Å². The summed E-state index contributed by atoms with van der Waals surface area (Å²) in [6, 6.07) is 5.13. The van der Waals surface area contributed by atoms with E-state index in [0.717, 1.165) is 38.3 Å². The Morgan fingerprint density at radius 1 is 1.27 bits per heavy atom. The van der Waals surface area contributed by atoms with Gasteiger partial charge in [0.25, 0.3) is 0 Å². The summed E-state index contributed by atoms with van der Waals surface area (Å²) < 4.78 is 14.7. The van der Waals surface area contributed by atoms with Gasteiger partial charge >= 0.3 is 0 Å². The number of aliphatic hydroxyl groups excluding tert-OH is 1. The molecule has 1 aliphatic rings. The maximum Gasteiger partial charge on any atom is 0.229 e. The molecule has 1 aliphatic heterocycles. The number of aromatic nitrogens is 2. The number of aliphatic hydroxyl groups is 1. The van der Waals surface area contributed by atoms with E-state index < -0.39 is 0 Å². The van der Waals surface area contributed by atoms with Gasteiger partial charge in [-0.05, 0) is 24.6 Å². The largest absolute Gasteiger partial charge is 0.395 e. The maximum absolute atomic E-state index is 14.7. The van der Waals surface area contributed by atoms with E-state index in [4.69, 9.17) is 16.6 Å². The van der Waals surface area contributed by atoms with E-state index >= 15 is 0 Å². The first-order valence-electron chi connectivity index (χ1n) is 10.3. The summed E-state index contributed by atoms with van der Waals surface area (Å²) in [5.74, 6) is 0.346. The summed E-state index contributed by atoms with van der Waals surface area (Å²) in [6.45, 7) is 6.58. The molecular weight excluding hydrogens is 387 g/mol. The molecule has 2 heterocycles. The number of rotatable bonds is 9. The van der Waals surface area contributed by atoms with Crippen molar-refractivity contribution in [1.29, 1.82) is 0 Å². The topological polar surface area (TPSA) is 129 Å². The molecule has 3 rings (SSSR count). The smallest absolute Gasteiger partial charge is 0.229 e. The molecule has 0 amide bonds. The van der Waals surface area contributed by atoms with E-state index in [1.165, 1.54) is 12.3 Å². The van der Waals surface area contributed by atoms with Crippen LogP contribution in [0.3, 0.4) is 0 Å². The second-order valence-electron chi connectivity index (χ2n) is 7.32. The van der Waals surface area contributed by atoms with Crippen molar-refractivity contribution < 1.29 is 9.50 Å². The van der Waals surface area contributed by atoms with Crippen LogP contribution in [0.15, 0.2) is 24.4 Å². The Kier molecular flexibility index (Phi) is 7.61. The Balaban J connectivity index is 1.68. The van der Waals surface area contributed by atoms with Crippen molar-refractivity contribution >= 4 is 28.8 Å². The van der Waals surface area contributed by atoms with E-state index in [9.17, 15) is 4.39 Å². The van der Waals surface area contributed by atoms with Gasteiger partial charge in [-0.2, -0.15) is 4.98 Å². The van der Waals surface area contributed by atoms with Crippen molar-refractivity contribution in [3.05, 3.63) is 30.2 Å². The number of nitrogens with one attached hydrogen (secondary N) is 2. The monoisotopic (exact) mass is 418 g/mol. The lowest BCUT2D eigenvalue weighted by atomic mass is 10.2. The van der Waals surface area contributed by atoms with Crippen molar-refractivity contribution in [2.24, 2.45) is 5.73 Å². The van der Waals surface area contributed by atoms with Gasteiger partial charge in [0.15, 0.2) is 5.82 Å². The van der Waals surface area contributed by atoms with Gasteiger partial charge in [0, 0.05) is 51.0 Å². The molecule has 1 unspecified atom stereocenters. The highest BCUT2D eigenvalue weighted by Gasteiger charge is 2.18. The van der Waals surface area contributed by atoms with Gasteiger partial charge in [-0.3, -0.25) is 4.90 Å². The maximum atomic E-state index is 14.7. The lowest BCUT2D eigenvalue weighted by Gasteiger charge is -2.35. The van der Waals surface area contributed by atoms with E-state index in [1.807, 2.05) is 13.0 Å². The molecule has 30 heavy (non-hydrogen) atoms. The zero-order valence-electron chi connectivity index (χ0n) is 17.3. The standard InChI is InChI=1S/C20H31FN8O/c1-2-14(12-22)25-19-17(23)13-24-20(27-19)26-18-4-3-15(11-16(18)21)29-7-5-28(6-8-29)9-10-30/h3-4,11,13-14,30H,2,5-10,12,22-23H2,1H3,(H2,24,25,26,27). The first-order valence-corrected chi connectivity index (χ1v) is 10.3. The highest BCUT2D eigenvalue weighted by molar-refractivity contribution is 5.65. The van der Waals surface area contributed by atoms with Gasteiger partial charge in [0.1, 0.15) is 5.82 Å². The van der Waals surface area contributed by atoms with Crippen LogP contribution in [0.2, 0.25) is 0 Å². The first-order chi connectivity index (χ1) is 14.5. The summed E-state index contributed by atoms with van der Waals surface area (Å²) in [5, 5.41) is 15.2. The molecule has 0 saturated carbocycles. The summed E-state index contributed by atoms with van der Waals surface area (Å²) in [6.07, 6.45) is 2.31. The number of piperazine rings is 1. The number of nitrogens with two attached hydrogens (primary N) is 2. The fourth-order valence-corrected chi connectivity index (χ4v) is 3.38. The van der Waals surface area contributed by atoms with Gasteiger partial charge in [-0.1, -0.05) is 6.92 Å². The fourth-order valence-electron chi connectivity index (χ4n) is 3.38. The van der Waals surface area contributed by atoms with E-state index in [1.54, 1.807) is 6.07 Å². The van der Waals surface area contributed by atoms with Crippen LogP contribution in [-0.2, 0) is 0 Å². The molecule has 164 valence electrons. The van der Waals surface area contributed by atoms with Crippen LogP contribution in [0.1, 0.15) is 13.3 Å².